The van der Waals surface area contributed by atoms with Crippen LogP contribution in [-0.2, 0) is 14.3 Å². The number of carbonyl (C=O) groups excluding carboxylic acids is 2. The van der Waals surface area contributed by atoms with E-state index in [2.05, 4.69) is 5.32 Å². The molecule has 0 aliphatic carbocycles. The molecule has 1 amide bonds. The lowest BCUT2D eigenvalue weighted by Crippen LogP contribution is -2.30. The number of nitriles is 1. The summed E-state index contributed by atoms with van der Waals surface area (Å²) in [4.78, 5) is 24.2. The number of nitrogens with zero attached hydrogens (tertiary/aromatic N) is 1. The molecule has 2 aromatic carbocycles. The zero-order chi connectivity index (χ0) is 19.1. The Balaban J connectivity index is 1.89. The van der Waals surface area contributed by atoms with E-state index < -0.39 is 18.0 Å². The van der Waals surface area contributed by atoms with Crippen LogP contribution in [0.5, 0.6) is 0 Å². The lowest BCUT2D eigenvalue weighted by atomic mass is 9.98. The molecule has 0 aromatic heterocycles. The molecule has 0 heterocycles. The van der Waals surface area contributed by atoms with Crippen molar-refractivity contribution in [2.24, 2.45) is 0 Å². The molecule has 1 N–H and O–H groups in total. The molecular formula is C20H19ClN2O3. The second-order valence-electron chi connectivity index (χ2n) is 5.94. The number of benzene rings is 2. The Hall–Kier alpha value is -2.84. The Morgan fingerprint density at radius 1 is 1.19 bits per heavy atom. The van der Waals surface area contributed by atoms with Crippen molar-refractivity contribution in [3.8, 4) is 6.07 Å². The van der Waals surface area contributed by atoms with Crippen molar-refractivity contribution in [1.82, 2.24) is 0 Å². The van der Waals surface area contributed by atoms with Crippen molar-refractivity contribution in [2.45, 2.75) is 32.3 Å². The van der Waals surface area contributed by atoms with E-state index in [1.807, 2.05) is 43.3 Å². The number of ether oxygens (including phenoxy) is 1. The first-order chi connectivity index (χ1) is 12.4. The molecular weight excluding hydrogens is 352 g/mol. The molecule has 2 aromatic rings. The van der Waals surface area contributed by atoms with Crippen LogP contribution in [0, 0.1) is 11.3 Å². The summed E-state index contributed by atoms with van der Waals surface area (Å²) in [5.41, 5.74) is 1.78. The summed E-state index contributed by atoms with van der Waals surface area (Å²) in [5.74, 6) is -0.912. The van der Waals surface area contributed by atoms with Crippen LogP contribution in [0.4, 0.5) is 5.69 Å². The number of rotatable bonds is 6. The topological polar surface area (TPSA) is 79.2 Å². The van der Waals surface area contributed by atoms with Gasteiger partial charge in [-0.15, -0.1) is 0 Å². The van der Waals surface area contributed by atoms with E-state index in [1.54, 1.807) is 6.07 Å². The van der Waals surface area contributed by atoms with Crippen LogP contribution in [0.15, 0.2) is 48.5 Å². The Morgan fingerprint density at radius 3 is 2.50 bits per heavy atom. The molecule has 2 rings (SSSR count). The third-order valence-electron chi connectivity index (χ3n) is 3.88. The maximum Gasteiger partial charge on any atom is 0.307 e. The van der Waals surface area contributed by atoms with E-state index in [0.29, 0.717) is 11.3 Å². The summed E-state index contributed by atoms with van der Waals surface area (Å²) in [6.45, 7) is 3.44. The standard InChI is InChI=1S/C20H19ClN2O3/c1-13(15-6-4-3-5-7-15)10-19(24)26-14(2)20(25)23-17-9-8-16(12-22)18(21)11-17/h3-9,11,13-14H,10H2,1-2H3,(H,23,25)/t13-,14-/m0/s1. The predicted octanol–water partition coefficient (Wildman–Crippen LogP) is 4.28. The van der Waals surface area contributed by atoms with E-state index in [4.69, 9.17) is 21.6 Å². The predicted molar refractivity (Wildman–Crippen MR) is 99.8 cm³/mol. The number of hydrogen-bond acceptors (Lipinski definition) is 4. The van der Waals surface area contributed by atoms with E-state index in [9.17, 15) is 9.59 Å². The number of esters is 1. The highest BCUT2D eigenvalue weighted by atomic mass is 35.5. The first-order valence-corrected chi connectivity index (χ1v) is 8.53. The Labute approximate surface area is 157 Å². The number of anilines is 1. The number of hydrogen-bond donors (Lipinski definition) is 1. The van der Waals surface area contributed by atoms with Gasteiger partial charge in [-0.25, -0.2) is 0 Å². The van der Waals surface area contributed by atoms with Gasteiger partial charge in [-0.3, -0.25) is 9.59 Å². The zero-order valence-corrected chi connectivity index (χ0v) is 15.3. The SMILES string of the molecule is C[C@H](OC(=O)C[C@H](C)c1ccccc1)C(=O)Nc1ccc(C#N)c(Cl)c1. The van der Waals surface area contributed by atoms with Gasteiger partial charge in [0.1, 0.15) is 6.07 Å². The molecule has 0 aliphatic heterocycles. The molecule has 2 atom stereocenters. The van der Waals surface area contributed by atoms with Gasteiger partial charge in [-0.1, -0.05) is 48.9 Å². The van der Waals surface area contributed by atoms with Crippen molar-refractivity contribution in [3.05, 3.63) is 64.7 Å². The Kier molecular flexibility index (Phi) is 6.76. The molecule has 0 aliphatic rings. The molecule has 26 heavy (non-hydrogen) atoms. The van der Waals surface area contributed by atoms with Gasteiger partial charge in [0.2, 0.25) is 0 Å². The van der Waals surface area contributed by atoms with E-state index in [-0.39, 0.29) is 17.4 Å². The minimum atomic E-state index is -0.945. The van der Waals surface area contributed by atoms with Crippen LogP contribution in [0.2, 0.25) is 5.02 Å². The van der Waals surface area contributed by atoms with Crippen LogP contribution >= 0.6 is 11.6 Å². The lowest BCUT2D eigenvalue weighted by molar-refractivity contribution is -0.153. The third kappa shape index (κ3) is 5.33. The van der Waals surface area contributed by atoms with Crippen molar-refractivity contribution in [2.75, 3.05) is 5.32 Å². The third-order valence-corrected chi connectivity index (χ3v) is 4.19. The van der Waals surface area contributed by atoms with Gasteiger partial charge in [0, 0.05) is 5.69 Å². The van der Waals surface area contributed by atoms with Crippen LogP contribution in [-0.4, -0.2) is 18.0 Å². The highest BCUT2D eigenvalue weighted by molar-refractivity contribution is 6.32. The number of carbonyl (C=O) groups is 2. The molecule has 0 radical (unpaired) electrons. The van der Waals surface area contributed by atoms with Gasteiger partial charge in [0.25, 0.3) is 5.91 Å². The molecule has 6 heteroatoms. The van der Waals surface area contributed by atoms with Gasteiger partial charge >= 0.3 is 5.97 Å². The molecule has 0 saturated heterocycles. The smallest absolute Gasteiger partial charge is 0.307 e. The summed E-state index contributed by atoms with van der Waals surface area (Å²) in [7, 11) is 0. The molecule has 0 saturated carbocycles. The van der Waals surface area contributed by atoms with Crippen molar-refractivity contribution >= 4 is 29.2 Å². The largest absolute Gasteiger partial charge is 0.453 e. The fourth-order valence-electron chi connectivity index (χ4n) is 2.38. The Bertz CT molecular complexity index is 831. The van der Waals surface area contributed by atoms with Gasteiger partial charge in [-0.05, 0) is 36.6 Å². The summed E-state index contributed by atoms with van der Waals surface area (Å²) >= 11 is 5.93. The minimum absolute atomic E-state index is 0.00343. The summed E-state index contributed by atoms with van der Waals surface area (Å²) in [6.07, 6.45) is -0.760. The maximum absolute atomic E-state index is 12.2. The van der Waals surface area contributed by atoms with Crippen LogP contribution in [0.3, 0.4) is 0 Å². The van der Waals surface area contributed by atoms with Crippen molar-refractivity contribution in [3.63, 3.8) is 0 Å². The first-order valence-electron chi connectivity index (χ1n) is 8.15. The molecule has 0 unspecified atom stereocenters. The van der Waals surface area contributed by atoms with E-state index in [1.165, 1.54) is 19.1 Å². The average molecular weight is 371 g/mol. The molecule has 5 nitrogen and oxygen atoms in total. The summed E-state index contributed by atoms with van der Waals surface area (Å²) in [5, 5.41) is 11.7. The summed E-state index contributed by atoms with van der Waals surface area (Å²) in [6, 6.07) is 16.1. The quantitative estimate of drug-likeness (QED) is 0.770. The fraction of sp³-hybridized carbons (Fsp3) is 0.250. The van der Waals surface area contributed by atoms with Crippen LogP contribution in [0.1, 0.15) is 37.3 Å². The molecule has 0 spiro atoms. The van der Waals surface area contributed by atoms with E-state index >= 15 is 0 Å². The number of amides is 1. The maximum atomic E-state index is 12.2. The van der Waals surface area contributed by atoms with Gasteiger partial charge in [0.05, 0.1) is 17.0 Å². The first kappa shape index (κ1) is 19.5. The Morgan fingerprint density at radius 2 is 1.88 bits per heavy atom. The lowest BCUT2D eigenvalue weighted by Gasteiger charge is -2.16. The van der Waals surface area contributed by atoms with Crippen molar-refractivity contribution in [1.29, 1.82) is 5.26 Å². The number of halogens is 1. The molecule has 0 fully saturated rings. The summed E-state index contributed by atoms with van der Waals surface area (Å²) < 4.78 is 5.22. The molecule has 0 bridgehead atoms. The average Bonchev–Trinajstić information content (AvgIpc) is 2.62. The van der Waals surface area contributed by atoms with Gasteiger partial charge in [0.15, 0.2) is 6.10 Å². The van der Waals surface area contributed by atoms with Crippen molar-refractivity contribution < 1.29 is 14.3 Å². The highest BCUT2D eigenvalue weighted by Crippen LogP contribution is 2.21. The normalized spacial score (nSPS) is 12.5. The monoisotopic (exact) mass is 370 g/mol. The zero-order valence-electron chi connectivity index (χ0n) is 14.5. The van der Waals surface area contributed by atoms with Crippen LogP contribution in [0.25, 0.3) is 0 Å². The van der Waals surface area contributed by atoms with E-state index in [0.717, 1.165) is 5.56 Å². The fourth-order valence-corrected chi connectivity index (χ4v) is 2.60. The second-order valence-corrected chi connectivity index (χ2v) is 6.35. The van der Waals surface area contributed by atoms with Gasteiger partial charge in [-0.2, -0.15) is 5.26 Å². The van der Waals surface area contributed by atoms with Gasteiger partial charge < -0.3 is 10.1 Å². The highest BCUT2D eigenvalue weighted by Gasteiger charge is 2.20. The second kappa shape index (κ2) is 9.02. The number of nitrogens with one attached hydrogen (secondary N) is 1. The minimum Gasteiger partial charge on any atom is -0.453 e. The molecule has 134 valence electrons. The van der Waals surface area contributed by atoms with Crippen LogP contribution < -0.4 is 5.32 Å².